The van der Waals surface area contributed by atoms with Crippen LogP contribution in [0.3, 0.4) is 0 Å². The lowest BCUT2D eigenvalue weighted by atomic mass is 10.1. The maximum Gasteiger partial charge on any atom is 0.329 e. The number of nitrogens with zero attached hydrogens (tertiary/aromatic N) is 2. The summed E-state index contributed by atoms with van der Waals surface area (Å²) in [5.74, 6) is -1.18. The van der Waals surface area contributed by atoms with Crippen LogP contribution in [0.4, 0.5) is 0 Å². The van der Waals surface area contributed by atoms with Crippen LogP contribution in [-0.4, -0.2) is 36.0 Å². The molecule has 0 aliphatic carbocycles. The molecule has 0 aromatic heterocycles. The van der Waals surface area contributed by atoms with Crippen molar-refractivity contribution < 1.29 is 9.59 Å². The first-order valence-electron chi connectivity index (χ1n) is 6.55. The highest BCUT2D eigenvalue weighted by Gasteiger charge is 2.22. The summed E-state index contributed by atoms with van der Waals surface area (Å²) < 4.78 is 0.971. The predicted octanol–water partition coefficient (Wildman–Crippen LogP) is 1.91. The van der Waals surface area contributed by atoms with Crippen LogP contribution >= 0.6 is 15.9 Å². The average Bonchev–Trinajstić information content (AvgIpc) is 2.49. The highest BCUT2D eigenvalue weighted by atomic mass is 79.9. The molecule has 2 amide bonds. The number of amides is 2. The van der Waals surface area contributed by atoms with Crippen molar-refractivity contribution in [1.29, 1.82) is 0 Å². The second kappa shape index (κ2) is 7.19. The average molecular weight is 338 g/mol. The van der Waals surface area contributed by atoms with Gasteiger partial charge in [-0.3, -0.25) is 9.59 Å². The van der Waals surface area contributed by atoms with Crippen LogP contribution < -0.4 is 5.43 Å². The topological polar surface area (TPSA) is 61.8 Å². The van der Waals surface area contributed by atoms with Gasteiger partial charge in [-0.15, -0.1) is 0 Å². The highest BCUT2D eigenvalue weighted by Crippen LogP contribution is 2.09. The largest absolute Gasteiger partial charge is 0.334 e. The minimum absolute atomic E-state index is 0.502. The lowest BCUT2D eigenvalue weighted by Crippen LogP contribution is -2.43. The number of halogens is 1. The molecule has 0 spiro atoms. The van der Waals surface area contributed by atoms with Crippen LogP contribution in [0.15, 0.2) is 33.8 Å². The first-order valence-corrected chi connectivity index (χ1v) is 7.34. The molecule has 0 radical (unpaired) electrons. The molecule has 1 aliphatic rings. The van der Waals surface area contributed by atoms with E-state index in [1.165, 1.54) is 6.21 Å². The number of carbonyl (C=O) groups is 2. The van der Waals surface area contributed by atoms with E-state index < -0.39 is 11.8 Å². The Labute approximate surface area is 126 Å². The van der Waals surface area contributed by atoms with Gasteiger partial charge in [-0.25, -0.2) is 5.43 Å². The summed E-state index contributed by atoms with van der Waals surface area (Å²) in [6.45, 7) is 1.31. The third kappa shape index (κ3) is 4.16. The molecular weight excluding hydrogens is 322 g/mol. The third-order valence-corrected chi connectivity index (χ3v) is 3.62. The van der Waals surface area contributed by atoms with Crippen molar-refractivity contribution >= 4 is 34.0 Å². The molecule has 20 heavy (non-hydrogen) atoms. The van der Waals surface area contributed by atoms with Gasteiger partial charge in [-0.05, 0) is 37.0 Å². The number of hydrogen-bond donors (Lipinski definition) is 1. The van der Waals surface area contributed by atoms with E-state index >= 15 is 0 Å². The van der Waals surface area contributed by atoms with E-state index in [4.69, 9.17) is 0 Å². The molecule has 1 heterocycles. The highest BCUT2D eigenvalue weighted by molar-refractivity contribution is 9.10. The minimum Gasteiger partial charge on any atom is -0.334 e. The summed E-state index contributed by atoms with van der Waals surface area (Å²) in [5, 5.41) is 3.80. The lowest BCUT2D eigenvalue weighted by Gasteiger charge is -2.25. The van der Waals surface area contributed by atoms with Crippen molar-refractivity contribution in [2.75, 3.05) is 13.1 Å². The summed E-state index contributed by atoms with van der Waals surface area (Å²) >= 11 is 3.34. The SMILES string of the molecule is O=C(N/N=C\c1ccc(Br)cc1)C(=O)N1CCCCC1. The van der Waals surface area contributed by atoms with Gasteiger partial charge in [0, 0.05) is 17.6 Å². The molecule has 1 aromatic rings. The maximum absolute atomic E-state index is 11.8. The number of nitrogens with one attached hydrogen (secondary N) is 1. The zero-order chi connectivity index (χ0) is 14.4. The zero-order valence-corrected chi connectivity index (χ0v) is 12.6. The maximum atomic E-state index is 11.8. The second-order valence-corrected chi connectivity index (χ2v) is 5.52. The standard InChI is InChI=1S/C14H16BrN3O2/c15-12-6-4-11(5-7-12)10-16-17-13(19)14(20)18-8-2-1-3-9-18/h4-7,10H,1-3,8-9H2,(H,17,19)/b16-10-. The van der Waals surface area contributed by atoms with Gasteiger partial charge in [0.05, 0.1) is 6.21 Å². The van der Waals surface area contributed by atoms with Gasteiger partial charge >= 0.3 is 11.8 Å². The molecule has 1 N–H and O–H groups in total. The van der Waals surface area contributed by atoms with Crippen LogP contribution in [-0.2, 0) is 9.59 Å². The first kappa shape index (κ1) is 14.7. The van der Waals surface area contributed by atoms with Crippen molar-refractivity contribution in [3.8, 4) is 0 Å². The van der Waals surface area contributed by atoms with Gasteiger partial charge in [0.1, 0.15) is 0 Å². The number of hydrogen-bond acceptors (Lipinski definition) is 3. The second-order valence-electron chi connectivity index (χ2n) is 4.60. The van der Waals surface area contributed by atoms with Crippen LogP contribution in [0.1, 0.15) is 24.8 Å². The fraction of sp³-hybridized carbons (Fsp3) is 0.357. The fourth-order valence-corrected chi connectivity index (χ4v) is 2.27. The zero-order valence-electron chi connectivity index (χ0n) is 11.0. The normalized spacial score (nSPS) is 15.3. The van der Waals surface area contributed by atoms with Crippen molar-refractivity contribution in [2.24, 2.45) is 5.10 Å². The molecule has 1 aliphatic heterocycles. The summed E-state index contributed by atoms with van der Waals surface area (Å²) in [7, 11) is 0. The van der Waals surface area contributed by atoms with E-state index in [2.05, 4.69) is 26.5 Å². The van der Waals surface area contributed by atoms with Gasteiger partial charge in [-0.1, -0.05) is 28.1 Å². The predicted molar refractivity (Wildman–Crippen MR) is 80.3 cm³/mol. The van der Waals surface area contributed by atoms with E-state index in [0.717, 1.165) is 29.3 Å². The smallest absolute Gasteiger partial charge is 0.329 e. The first-order chi connectivity index (χ1) is 9.66. The van der Waals surface area contributed by atoms with Crippen LogP contribution in [0, 0.1) is 0 Å². The summed E-state index contributed by atoms with van der Waals surface area (Å²) in [6.07, 6.45) is 4.54. The number of rotatable bonds is 2. The Bertz CT molecular complexity index is 508. The molecule has 0 atom stereocenters. The Balaban J connectivity index is 1.84. The Hall–Kier alpha value is -1.69. The molecule has 6 heteroatoms. The van der Waals surface area contributed by atoms with Gasteiger partial charge in [-0.2, -0.15) is 5.10 Å². The summed E-state index contributed by atoms with van der Waals surface area (Å²) in [4.78, 5) is 25.1. The molecule has 0 unspecified atom stereocenters. The fourth-order valence-electron chi connectivity index (χ4n) is 2.00. The number of piperidine rings is 1. The summed E-state index contributed by atoms with van der Waals surface area (Å²) in [6, 6.07) is 7.46. The minimum atomic E-state index is -0.680. The number of likely N-dealkylation sites (tertiary alicyclic amines) is 1. The Kier molecular flexibility index (Phi) is 5.29. The Morgan fingerprint density at radius 1 is 1.15 bits per heavy atom. The molecule has 5 nitrogen and oxygen atoms in total. The van der Waals surface area contributed by atoms with Crippen molar-refractivity contribution in [3.63, 3.8) is 0 Å². The van der Waals surface area contributed by atoms with E-state index in [1.807, 2.05) is 24.3 Å². The van der Waals surface area contributed by atoms with Gasteiger partial charge in [0.25, 0.3) is 0 Å². The molecular formula is C14H16BrN3O2. The van der Waals surface area contributed by atoms with Crippen LogP contribution in [0.2, 0.25) is 0 Å². The molecule has 0 saturated carbocycles. The lowest BCUT2D eigenvalue weighted by molar-refractivity contribution is -0.146. The van der Waals surface area contributed by atoms with Gasteiger partial charge in [0.15, 0.2) is 0 Å². The van der Waals surface area contributed by atoms with Crippen LogP contribution in [0.5, 0.6) is 0 Å². The molecule has 2 rings (SSSR count). The quantitative estimate of drug-likeness (QED) is 0.509. The van der Waals surface area contributed by atoms with E-state index in [9.17, 15) is 9.59 Å². The number of carbonyl (C=O) groups excluding carboxylic acids is 2. The van der Waals surface area contributed by atoms with Crippen LogP contribution in [0.25, 0.3) is 0 Å². The number of benzene rings is 1. The van der Waals surface area contributed by atoms with E-state index in [0.29, 0.717) is 13.1 Å². The number of hydrazone groups is 1. The molecule has 1 fully saturated rings. The van der Waals surface area contributed by atoms with Crippen molar-refractivity contribution in [1.82, 2.24) is 10.3 Å². The van der Waals surface area contributed by atoms with E-state index in [1.54, 1.807) is 4.90 Å². The van der Waals surface area contributed by atoms with Crippen molar-refractivity contribution in [3.05, 3.63) is 34.3 Å². The van der Waals surface area contributed by atoms with Gasteiger partial charge < -0.3 is 4.90 Å². The Morgan fingerprint density at radius 3 is 2.45 bits per heavy atom. The molecule has 1 aromatic carbocycles. The summed E-state index contributed by atoms with van der Waals surface area (Å²) in [5.41, 5.74) is 3.12. The van der Waals surface area contributed by atoms with Crippen molar-refractivity contribution in [2.45, 2.75) is 19.3 Å². The Morgan fingerprint density at radius 2 is 1.80 bits per heavy atom. The molecule has 106 valence electrons. The molecule has 1 saturated heterocycles. The van der Waals surface area contributed by atoms with Gasteiger partial charge in [0.2, 0.25) is 0 Å². The molecule has 0 bridgehead atoms. The third-order valence-electron chi connectivity index (χ3n) is 3.09. The monoisotopic (exact) mass is 337 g/mol. The van der Waals surface area contributed by atoms with E-state index in [-0.39, 0.29) is 0 Å².